The Hall–Kier alpha value is -3.47. The van der Waals surface area contributed by atoms with Crippen molar-refractivity contribution < 1.29 is 14.3 Å². The Morgan fingerprint density at radius 1 is 1.07 bits per heavy atom. The number of oxime groups is 1. The largest absolute Gasteiger partial charge is 0.497 e. The molecule has 5 nitrogen and oxygen atoms in total. The van der Waals surface area contributed by atoms with Gasteiger partial charge in [-0.05, 0) is 37.6 Å². The molecule has 0 saturated heterocycles. The number of rotatable bonds is 8. The summed E-state index contributed by atoms with van der Waals surface area (Å²) < 4.78 is 13.2. The van der Waals surface area contributed by atoms with Crippen molar-refractivity contribution in [1.29, 1.82) is 0 Å². The lowest BCUT2D eigenvalue weighted by atomic mass is 10.1. The summed E-state index contributed by atoms with van der Waals surface area (Å²) in [6.45, 7) is 8.03. The van der Waals surface area contributed by atoms with Gasteiger partial charge < -0.3 is 18.9 Å². The number of hydrogen-bond acceptors (Lipinski definition) is 4. The monoisotopic (exact) mass is 390 g/mol. The first-order chi connectivity index (χ1) is 14.1. The number of methoxy groups -OCH3 is 2. The third-order valence-corrected chi connectivity index (χ3v) is 4.73. The summed E-state index contributed by atoms with van der Waals surface area (Å²) in [4.78, 5) is 5.31. The van der Waals surface area contributed by atoms with Crippen molar-refractivity contribution in [3.05, 3.63) is 78.5 Å². The lowest BCUT2D eigenvalue weighted by Gasteiger charge is -2.16. The Balaban J connectivity index is 2.22. The standard InChI is InChI=1S/C24H26N2O3/c1-6-14-29-25-17(2)21-16-23(19-10-8-7-9-11-19)26(18(21)3)22-13-12-20(27-4)15-24(22)28-5/h6-13,15-16H,1,14H2,2-5H3/b25-17-. The van der Waals surface area contributed by atoms with Gasteiger partial charge in [0.1, 0.15) is 18.1 Å². The first-order valence-electron chi connectivity index (χ1n) is 9.38. The number of aromatic nitrogens is 1. The van der Waals surface area contributed by atoms with Crippen molar-refractivity contribution in [2.45, 2.75) is 13.8 Å². The highest BCUT2D eigenvalue weighted by atomic mass is 16.6. The molecule has 0 fully saturated rings. The van der Waals surface area contributed by atoms with Crippen LogP contribution < -0.4 is 9.47 Å². The first-order valence-corrected chi connectivity index (χ1v) is 9.38. The van der Waals surface area contributed by atoms with Crippen molar-refractivity contribution in [2.24, 2.45) is 5.16 Å². The molecule has 0 N–H and O–H groups in total. The highest BCUT2D eigenvalue weighted by Gasteiger charge is 2.19. The second-order valence-electron chi connectivity index (χ2n) is 6.53. The molecule has 1 aromatic heterocycles. The second kappa shape index (κ2) is 9.15. The maximum atomic E-state index is 5.67. The highest BCUT2D eigenvalue weighted by molar-refractivity contribution is 6.01. The van der Waals surface area contributed by atoms with E-state index in [1.165, 1.54) is 0 Å². The van der Waals surface area contributed by atoms with Gasteiger partial charge in [-0.3, -0.25) is 0 Å². The maximum absolute atomic E-state index is 5.67. The molecular formula is C24H26N2O3. The van der Waals surface area contributed by atoms with Gasteiger partial charge in [-0.2, -0.15) is 0 Å². The summed E-state index contributed by atoms with van der Waals surface area (Å²) in [7, 11) is 3.31. The van der Waals surface area contributed by atoms with Crippen LogP contribution in [0, 0.1) is 6.92 Å². The molecule has 0 amide bonds. The van der Waals surface area contributed by atoms with Crippen molar-refractivity contribution in [1.82, 2.24) is 4.57 Å². The molecule has 0 aliphatic rings. The zero-order valence-electron chi connectivity index (χ0n) is 17.3. The molecule has 29 heavy (non-hydrogen) atoms. The molecule has 0 radical (unpaired) electrons. The van der Waals surface area contributed by atoms with Crippen LogP contribution in [0.5, 0.6) is 11.5 Å². The van der Waals surface area contributed by atoms with E-state index in [0.29, 0.717) is 6.61 Å². The van der Waals surface area contributed by atoms with Crippen LogP contribution in [0.2, 0.25) is 0 Å². The van der Waals surface area contributed by atoms with Gasteiger partial charge in [0.05, 0.1) is 31.3 Å². The molecule has 3 rings (SSSR count). The Bertz CT molecular complexity index is 1020. The summed E-state index contributed by atoms with van der Waals surface area (Å²) in [6, 6.07) is 18.2. The van der Waals surface area contributed by atoms with Gasteiger partial charge in [0, 0.05) is 17.3 Å². The van der Waals surface area contributed by atoms with E-state index >= 15 is 0 Å². The summed E-state index contributed by atoms with van der Waals surface area (Å²) >= 11 is 0. The molecular weight excluding hydrogens is 364 g/mol. The summed E-state index contributed by atoms with van der Waals surface area (Å²) in [5.74, 6) is 1.47. The van der Waals surface area contributed by atoms with Crippen LogP contribution in [0.25, 0.3) is 16.9 Å². The minimum atomic E-state index is 0.370. The zero-order valence-corrected chi connectivity index (χ0v) is 17.3. The molecule has 0 saturated carbocycles. The average molecular weight is 390 g/mol. The van der Waals surface area contributed by atoms with Gasteiger partial charge in [-0.25, -0.2) is 0 Å². The van der Waals surface area contributed by atoms with Crippen LogP contribution in [0.1, 0.15) is 18.2 Å². The molecule has 0 aliphatic heterocycles. The Labute approximate surface area is 171 Å². The van der Waals surface area contributed by atoms with Gasteiger partial charge in [0.15, 0.2) is 0 Å². The van der Waals surface area contributed by atoms with E-state index in [0.717, 1.165) is 45.4 Å². The van der Waals surface area contributed by atoms with E-state index < -0.39 is 0 Å². The third kappa shape index (κ3) is 4.19. The van der Waals surface area contributed by atoms with Gasteiger partial charge >= 0.3 is 0 Å². The molecule has 3 aromatic rings. The predicted molar refractivity (Wildman–Crippen MR) is 117 cm³/mol. The number of nitrogens with zero attached hydrogens (tertiary/aromatic N) is 2. The van der Waals surface area contributed by atoms with E-state index in [1.807, 2.05) is 43.3 Å². The molecule has 0 unspecified atom stereocenters. The van der Waals surface area contributed by atoms with E-state index in [2.05, 4.69) is 41.4 Å². The summed E-state index contributed by atoms with van der Waals surface area (Å²) in [6.07, 6.45) is 1.67. The van der Waals surface area contributed by atoms with Crippen molar-refractivity contribution in [3.63, 3.8) is 0 Å². The predicted octanol–water partition coefficient (Wildman–Crippen LogP) is 5.40. The van der Waals surface area contributed by atoms with E-state index in [9.17, 15) is 0 Å². The van der Waals surface area contributed by atoms with Gasteiger partial charge in [-0.1, -0.05) is 48.1 Å². The van der Waals surface area contributed by atoms with Crippen molar-refractivity contribution >= 4 is 5.71 Å². The summed E-state index contributed by atoms with van der Waals surface area (Å²) in [5, 5.41) is 4.24. The zero-order chi connectivity index (χ0) is 20.8. The molecule has 150 valence electrons. The molecule has 1 heterocycles. The SMILES string of the molecule is C=CCO/N=C(/C)c1cc(-c2ccccc2)n(-c2ccc(OC)cc2OC)c1C. The lowest BCUT2D eigenvalue weighted by Crippen LogP contribution is -2.04. The minimum Gasteiger partial charge on any atom is -0.497 e. The fraction of sp³-hybridized carbons (Fsp3) is 0.208. The lowest BCUT2D eigenvalue weighted by molar-refractivity contribution is 0.175. The van der Waals surface area contributed by atoms with Crippen LogP contribution in [-0.4, -0.2) is 31.1 Å². The number of hydrogen-bond donors (Lipinski definition) is 0. The topological polar surface area (TPSA) is 45.0 Å². The van der Waals surface area contributed by atoms with Crippen LogP contribution in [0.4, 0.5) is 0 Å². The fourth-order valence-electron chi connectivity index (χ4n) is 3.31. The quantitative estimate of drug-likeness (QED) is 0.224. The highest BCUT2D eigenvalue weighted by Crippen LogP contribution is 2.35. The van der Waals surface area contributed by atoms with Gasteiger partial charge in [-0.15, -0.1) is 0 Å². The van der Waals surface area contributed by atoms with Gasteiger partial charge in [0.25, 0.3) is 0 Å². The third-order valence-electron chi connectivity index (χ3n) is 4.73. The van der Waals surface area contributed by atoms with E-state index in [4.69, 9.17) is 14.3 Å². The molecule has 0 spiro atoms. The van der Waals surface area contributed by atoms with Crippen molar-refractivity contribution in [3.8, 4) is 28.4 Å². The Morgan fingerprint density at radius 2 is 1.83 bits per heavy atom. The van der Waals surface area contributed by atoms with E-state index in [-0.39, 0.29) is 0 Å². The normalized spacial score (nSPS) is 11.2. The smallest absolute Gasteiger partial charge is 0.146 e. The fourth-order valence-corrected chi connectivity index (χ4v) is 3.31. The Morgan fingerprint density at radius 3 is 2.48 bits per heavy atom. The van der Waals surface area contributed by atoms with Crippen LogP contribution in [0.3, 0.4) is 0 Å². The average Bonchev–Trinajstić information content (AvgIpc) is 3.11. The first kappa shape index (κ1) is 20.3. The molecule has 2 aromatic carbocycles. The van der Waals surface area contributed by atoms with Crippen molar-refractivity contribution in [2.75, 3.05) is 20.8 Å². The van der Waals surface area contributed by atoms with Crippen LogP contribution in [-0.2, 0) is 4.84 Å². The molecule has 0 bridgehead atoms. The Kier molecular flexibility index (Phi) is 6.39. The maximum Gasteiger partial charge on any atom is 0.146 e. The molecule has 0 atom stereocenters. The molecule has 5 heteroatoms. The van der Waals surface area contributed by atoms with Crippen LogP contribution >= 0.6 is 0 Å². The van der Waals surface area contributed by atoms with E-state index in [1.54, 1.807) is 20.3 Å². The number of benzene rings is 2. The van der Waals surface area contributed by atoms with Gasteiger partial charge in [0.2, 0.25) is 0 Å². The number of ether oxygens (including phenoxy) is 2. The van der Waals surface area contributed by atoms with Crippen LogP contribution in [0.15, 0.2) is 72.4 Å². The summed E-state index contributed by atoms with van der Waals surface area (Å²) in [5.41, 5.74) is 5.91. The molecule has 0 aliphatic carbocycles. The second-order valence-corrected chi connectivity index (χ2v) is 6.53. The minimum absolute atomic E-state index is 0.370.